The monoisotopic (exact) mass is 809 g/mol. The van der Waals surface area contributed by atoms with Crippen molar-refractivity contribution >= 4 is 24.2 Å². The molecule has 10 heteroatoms. The molecule has 1 N–H and O–H groups in total. The third kappa shape index (κ3) is 11.1. The molecule has 2 fully saturated rings. The molecule has 0 radical (unpaired) electrons. The van der Waals surface area contributed by atoms with Gasteiger partial charge in [0.1, 0.15) is 0 Å². The van der Waals surface area contributed by atoms with Gasteiger partial charge in [0.15, 0.2) is 0 Å². The van der Waals surface area contributed by atoms with E-state index < -0.39 is 0 Å². The maximum absolute atomic E-state index is 13.9. The van der Waals surface area contributed by atoms with Crippen LogP contribution in [-0.4, -0.2) is 84.2 Å². The van der Waals surface area contributed by atoms with E-state index in [4.69, 9.17) is 19.4 Å². The van der Waals surface area contributed by atoms with Crippen molar-refractivity contribution in [3.63, 3.8) is 0 Å². The topological polar surface area (TPSA) is 96.9 Å². The third-order valence-corrected chi connectivity index (χ3v) is 11.3. The number of nitrogens with zero attached hydrogens (tertiary/aromatic N) is 4. The van der Waals surface area contributed by atoms with Crippen LogP contribution in [-0.2, 0) is 57.8 Å². The normalized spacial score (nSPS) is 14.6. The van der Waals surface area contributed by atoms with Crippen LogP contribution in [0.4, 0.5) is 0 Å². The quantitative estimate of drug-likeness (QED) is 0.138. The lowest BCUT2D eigenvalue weighted by atomic mass is 9.87. The molecule has 4 heterocycles. The number of ether oxygens (including phenoxy) is 2. The Morgan fingerprint density at radius 1 is 0.586 bits per heavy atom. The Kier molecular flexibility index (Phi) is 16.0. The Hall–Kier alpha value is -4.15. The molecular weight excluding hydrogens is 746 g/mol. The van der Waals surface area contributed by atoms with Crippen LogP contribution >= 0.6 is 12.4 Å². The number of pyridine rings is 2. The smallest absolute Gasteiger partial charge is 0.227 e. The largest absolute Gasteiger partial charge is 0.378 e. The van der Waals surface area contributed by atoms with Gasteiger partial charge >= 0.3 is 0 Å². The average molecular weight is 811 g/mol. The van der Waals surface area contributed by atoms with E-state index in [0.29, 0.717) is 77.5 Å². The minimum Gasteiger partial charge on any atom is -0.378 e. The molecule has 2 amide bonds. The molecule has 0 bridgehead atoms. The highest BCUT2D eigenvalue weighted by atomic mass is 35.5. The number of aryl methyl sites for hydroxylation is 4. The van der Waals surface area contributed by atoms with Gasteiger partial charge in [0.2, 0.25) is 11.8 Å². The maximum Gasteiger partial charge on any atom is 0.227 e. The van der Waals surface area contributed by atoms with Crippen molar-refractivity contribution in [2.75, 3.05) is 52.6 Å². The Bertz CT molecular complexity index is 1870. The van der Waals surface area contributed by atoms with E-state index in [2.05, 4.69) is 109 Å². The summed E-state index contributed by atoms with van der Waals surface area (Å²) in [6.45, 7) is 23.1. The molecule has 2 aliphatic heterocycles. The number of carbonyl (C=O) groups excluding carboxylic acids is 2. The van der Waals surface area contributed by atoms with Gasteiger partial charge in [-0.2, -0.15) is 0 Å². The number of hydrogen-bond donors (Lipinski definition) is 1. The van der Waals surface area contributed by atoms with Gasteiger partial charge in [-0.1, -0.05) is 87.4 Å². The first-order chi connectivity index (χ1) is 27.4. The van der Waals surface area contributed by atoms with Gasteiger partial charge in [-0.05, 0) is 96.9 Å². The first kappa shape index (κ1) is 44.9. The summed E-state index contributed by atoms with van der Waals surface area (Å²) in [5, 5.41) is 3.91. The van der Waals surface area contributed by atoms with E-state index in [9.17, 15) is 9.59 Å². The SMILES string of the molecule is Cc1ccc(-c2c(CC(=O)N3CCOCC3)c(C)nc(CC(C)C)c2CNCc2c(CC(C)C)nc(C)c(CC(=O)N3CCOCC3)c2-c2ccc(C)cc2)cc1.Cl. The van der Waals surface area contributed by atoms with Crippen LogP contribution in [0.2, 0.25) is 0 Å². The van der Waals surface area contributed by atoms with Crippen LogP contribution < -0.4 is 5.32 Å². The number of aromatic nitrogens is 2. The molecule has 2 aliphatic rings. The summed E-state index contributed by atoms with van der Waals surface area (Å²) in [6, 6.07) is 17.4. The second-order valence-corrected chi connectivity index (χ2v) is 16.8. The van der Waals surface area contributed by atoms with Crippen molar-refractivity contribution in [2.45, 2.75) is 94.2 Å². The highest BCUT2D eigenvalue weighted by molar-refractivity contribution is 5.86. The molecule has 2 saturated heterocycles. The highest BCUT2D eigenvalue weighted by Gasteiger charge is 2.27. The Labute approximate surface area is 352 Å². The Balaban J connectivity index is 0.00000641. The number of carbonyl (C=O) groups is 2. The first-order valence-electron chi connectivity index (χ1n) is 21.0. The first-order valence-corrected chi connectivity index (χ1v) is 21.0. The number of hydrogen-bond acceptors (Lipinski definition) is 7. The number of nitrogens with one attached hydrogen (secondary N) is 1. The maximum atomic E-state index is 13.9. The van der Waals surface area contributed by atoms with E-state index in [0.717, 1.165) is 80.1 Å². The van der Waals surface area contributed by atoms with Gasteiger partial charge in [0, 0.05) is 62.0 Å². The standard InChI is InChI=1S/C48H63N5O4.ClH/c1-31(2)25-43-41(47(37-13-9-33(5)10-14-37)39(35(7)50-43)27-45(54)52-17-21-56-22-18-52)29-49-30-42-44(26-32(3)4)51-36(8)40(28-46(55)53-19-23-57-24-20-53)48(42)38-15-11-34(6)12-16-38;/h9-16,31-32,49H,17-30H2,1-8H3;1H. The summed E-state index contributed by atoms with van der Waals surface area (Å²) < 4.78 is 11.1. The number of amides is 2. The third-order valence-electron chi connectivity index (χ3n) is 11.3. The summed E-state index contributed by atoms with van der Waals surface area (Å²) in [7, 11) is 0. The van der Waals surface area contributed by atoms with E-state index in [1.54, 1.807) is 0 Å². The second-order valence-electron chi connectivity index (χ2n) is 16.8. The molecular formula is C48H64ClN5O4. The lowest BCUT2D eigenvalue weighted by Gasteiger charge is -2.29. The van der Waals surface area contributed by atoms with E-state index in [1.165, 1.54) is 11.1 Å². The second kappa shape index (κ2) is 20.7. The molecule has 58 heavy (non-hydrogen) atoms. The van der Waals surface area contributed by atoms with Gasteiger partial charge in [0.25, 0.3) is 0 Å². The minimum absolute atomic E-state index is 0. The van der Waals surface area contributed by atoms with Gasteiger partial charge in [0.05, 0.1) is 39.3 Å². The van der Waals surface area contributed by atoms with Gasteiger partial charge in [-0.25, -0.2) is 0 Å². The summed E-state index contributed by atoms with van der Waals surface area (Å²) >= 11 is 0. The fraction of sp³-hybridized carbons (Fsp3) is 0.500. The number of halogens is 1. The van der Waals surface area contributed by atoms with Gasteiger partial charge < -0.3 is 24.6 Å². The molecule has 6 rings (SSSR count). The highest BCUT2D eigenvalue weighted by Crippen LogP contribution is 2.36. The number of rotatable bonds is 14. The van der Waals surface area contributed by atoms with Crippen molar-refractivity contribution < 1.29 is 19.1 Å². The average Bonchev–Trinajstić information content (AvgIpc) is 3.19. The fourth-order valence-electron chi connectivity index (χ4n) is 8.22. The summed E-state index contributed by atoms with van der Waals surface area (Å²) in [4.78, 5) is 42.1. The fourth-order valence-corrected chi connectivity index (χ4v) is 8.22. The van der Waals surface area contributed by atoms with Crippen molar-refractivity contribution in [2.24, 2.45) is 11.8 Å². The Morgan fingerprint density at radius 2 is 0.931 bits per heavy atom. The molecule has 0 saturated carbocycles. The molecule has 9 nitrogen and oxygen atoms in total. The zero-order chi connectivity index (χ0) is 40.6. The molecule has 0 unspecified atom stereocenters. The van der Waals surface area contributed by atoms with Crippen molar-refractivity contribution in [1.29, 1.82) is 0 Å². The lowest BCUT2D eigenvalue weighted by Crippen LogP contribution is -2.41. The van der Waals surface area contributed by atoms with Gasteiger partial charge in [-0.3, -0.25) is 19.6 Å². The minimum atomic E-state index is 0. The molecule has 312 valence electrons. The summed E-state index contributed by atoms with van der Waals surface area (Å²) in [6.07, 6.45) is 2.22. The van der Waals surface area contributed by atoms with E-state index >= 15 is 0 Å². The zero-order valence-electron chi connectivity index (χ0n) is 36.0. The predicted molar refractivity (Wildman–Crippen MR) is 235 cm³/mol. The van der Waals surface area contributed by atoms with Gasteiger partial charge in [-0.15, -0.1) is 12.4 Å². The van der Waals surface area contributed by atoms with Crippen LogP contribution in [0.5, 0.6) is 0 Å². The molecule has 0 spiro atoms. The van der Waals surface area contributed by atoms with Crippen molar-refractivity contribution in [3.8, 4) is 22.3 Å². The molecule has 2 aromatic carbocycles. The van der Waals surface area contributed by atoms with Crippen molar-refractivity contribution in [1.82, 2.24) is 25.1 Å². The van der Waals surface area contributed by atoms with E-state index in [-0.39, 0.29) is 37.1 Å². The number of benzene rings is 2. The van der Waals surface area contributed by atoms with Crippen molar-refractivity contribution in [3.05, 3.63) is 105 Å². The summed E-state index contributed by atoms with van der Waals surface area (Å²) in [5.74, 6) is 0.998. The van der Waals surface area contributed by atoms with Crippen LogP contribution in [0.1, 0.15) is 83.9 Å². The Morgan fingerprint density at radius 3 is 1.26 bits per heavy atom. The van der Waals surface area contributed by atoms with Crippen LogP contribution in [0.15, 0.2) is 48.5 Å². The number of morpholine rings is 2. The van der Waals surface area contributed by atoms with E-state index in [1.807, 2.05) is 9.80 Å². The van der Waals surface area contributed by atoms with Crippen LogP contribution in [0.25, 0.3) is 22.3 Å². The van der Waals surface area contributed by atoms with Crippen LogP contribution in [0, 0.1) is 39.5 Å². The lowest BCUT2D eigenvalue weighted by molar-refractivity contribution is -0.135. The molecule has 0 atom stereocenters. The molecule has 0 aliphatic carbocycles. The molecule has 2 aromatic heterocycles. The zero-order valence-corrected chi connectivity index (χ0v) is 36.8. The predicted octanol–water partition coefficient (Wildman–Crippen LogP) is 7.96. The molecule has 4 aromatic rings. The summed E-state index contributed by atoms with van der Waals surface area (Å²) in [5.41, 5.74) is 15.0. The van der Waals surface area contributed by atoms with Crippen LogP contribution in [0.3, 0.4) is 0 Å².